The highest BCUT2D eigenvalue weighted by Crippen LogP contribution is 2.29. The first-order chi connectivity index (χ1) is 13.3. The summed E-state index contributed by atoms with van der Waals surface area (Å²) in [5.74, 6) is 2.10. The van der Waals surface area contributed by atoms with Crippen molar-refractivity contribution in [2.45, 2.75) is 70.3 Å². The van der Waals surface area contributed by atoms with Gasteiger partial charge in [0.1, 0.15) is 17.9 Å². The average Bonchev–Trinajstić information content (AvgIpc) is 3.17. The smallest absolute Gasteiger partial charge is 0.224 e. The molecule has 0 bridgehead atoms. The predicted octanol–water partition coefficient (Wildman–Crippen LogP) is 4.07. The lowest BCUT2D eigenvalue weighted by Crippen LogP contribution is -2.18. The van der Waals surface area contributed by atoms with Crippen molar-refractivity contribution in [3.63, 3.8) is 0 Å². The van der Waals surface area contributed by atoms with Crippen LogP contribution in [0.2, 0.25) is 0 Å². The zero-order valence-corrected chi connectivity index (χ0v) is 15.8. The van der Waals surface area contributed by atoms with Gasteiger partial charge in [-0.05, 0) is 55.9 Å². The van der Waals surface area contributed by atoms with E-state index in [1.165, 1.54) is 32.1 Å². The average molecular weight is 368 g/mol. The number of rotatable bonds is 7. The van der Waals surface area contributed by atoms with Gasteiger partial charge in [0.2, 0.25) is 5.91 Å². The van der Waals surface area contributed by atoms with Crippen molar-refractivity contribution in [2.75, 3.05) is 11.9 Å². The molecule has 0 radical (unpaired) electrons. The number of nitrogens with zero attached hydrogens (tertiary/aromatic N) is 3. The molecule has 2 aliphatic rings. The molecule has 1 fully saturated rings. The number of fused-ring (bicyclic) bond motifs is 1. The van der Waals surface area contributed by atoms with Gasteiger partial charge in [-0.2, -0.15) is 5.10 Å². The van der Waals surface area contributed by atoms with Crippen molar-refractivity contribution in [1.29, 1.82) is 0 Å². The number of nitrogens with one attached hydrogen (secondary N) is 1. The van der Waals surface area contributed by atoms with Crippen LogP contribution in [0.4, 0.5) is 5.69 Å². The maximum atomic E-state index is 11.4. The maximum Gasteiger partial charge on any atom is 0.224 e. The van der Waals surface area contributed by atoms with Gasteiger partial charge < -0.3 is 10.1 Å². The zero-order chi connectivity index (χ0) is 18.5. The van der Waals surface area contributed by atoms with Crippen LogP contribution in [0.25, 0.3) is 0 Å². The molecule has 0 unspecified atom stereocenters. The van der Waals surface area contributed by atoms with Gasteiger partial charge in [-0.1, -0.05) is 19.3 Å². The first kappa shape index (κ1) is 18.0. The zero-order valence-electron chi connectivity index (χ0n) is 15.8. The van der Waals surface area contributed by atoms with E-state index in [1.807, 2.05) is 12.1 Å². The van der Waals surface area contributed by atoms with Gasteiger partial charge in [-0.15, -0.1) is 0 Å². The van der Waals surface area contributed by atoms with Crippen LogP contribution in [0.1, 0.15) is 68.8 Å². The van der Waals surface area contributed by atoms with Crippen molar-refractivity contribution < 1.29 is 9.53 Å². The van der Waals surface area contributed by atoms with Crippen LogP contribution in [0.5, 0.6) is 5.75 Å². The molecule has 1 aromatic carbocycles. The number of ether oxygens (including phenoxy) is 1. The highest BCUT2D eigenvalue weighted by molar-refractivity contribution is 5.93. The van der Waals surface area contributed by atoms with Crippen molar-refractivity contribution in [3.8, 4) is 5.75 Å². The van der Waals surface area contributed by atoms with E-state index in [4.69, 9.17) is 4.74 Å². The van der Waals surface area contributed by atoms with Gasteiger partial charge in [0.25, 0.3) is 0 Å². The molecule has 0 atom stereocenters. The molecule has 2 aromatic rings. The molecule has 1 aromatic heterocycles. The molecule has 1 saturated carbocycles. The summed E-state index contributed by atoms with van der Waals surface area (Å²) in [5.41, 5.74) is 2.08. The third-order valence-corrected chi connectivity index (χ3v) is 5.60. The van der Waals surface area contributed by atoms with Crippen LogP contribution >= 0.6 is 0 Å². The van der Waals surface area contributed by atoms with Crippen LogP contribution in [-0.4, -0.2) is 27.3 Å². The number of aromatic nitrogens is 3. The molecule has 4 rings (SSSR count). The molecule has 6 nitrogen and oxygen atoms in total. The van der Waals surface area contributed by atoms with Gasteiger partial charge in [0.15, 0.2) is 0 Å². The molecule has 0 saturated heterocycles. The van der Waals surface area contributed by atoms with Crippen molar-refractivity contribution in [1.82, 2.24) is 14.8 Å². The third-order valence-electron chi connectivity index (χ3n) is 5.60. The van der Waals surface area contributed by atoms with E-state index in [-0.39, 0.29) is 5.91 Å². The largest absolute Gasteiger partial charge is 0.494 e. The lowest BCUT2D eigenvalue weighted by molar-refractivity contribution is -0.116. The topological polar surface area (TPSA) is 69.0 Å². The summed E-state index contributed by atoms with van der Waals surface area (Å²) in [5, 5.41) is 7.38. The Morgan fingerprint density at radius 3 is 2.93 bits per heavy atom. The molecule has 6 heteroatoms. The second kappa shape index (κ2) is 8.55. The summed E-state index contributed by atoms with van der Waals surface area (Å²) in [6.07, 6.45) is 12.5. The number of unbranched alkanes of at least 4 members (excludes halogenated alkanes) is 1. The highest BCUT2D eigenvalue weighted by atomic mass is 16.5. The summed E-state index contributed by atoms with van der Waals surface area (Å²) in [6, 6.07) is 6.47. The Balaban J connectivity index is 1.22. The van der Waals surface area contributed by atoms with Gasteiger partial charge in [-0.25, -0.2) is 9.67 Å². The predicted molar refractivity (Wildman–Crippen MR) is 104 cm³/mol. The van der Waals surface area contributed by atoms with E-state index < -0.39 is 0 Å². The first-order valence-electron chi connectivity index (χ1n) is 10.2. The minimum atomic E-state index is 0.0947. The Bertz CT molecular complexity index is 780. The lowest BCUT2D eigenvalue weighted by Gasteiger charge is -2.23. The summed E-state index contributed by atoms with van der Waals surface area (Å²) >= 11 is 0. The molecule has 1 amide bonds. The van der Waals surface area contributed by atoms with Gasteiger partial charge in [0.05, 0.1) is 12.6 Å². The number of aryl methyl sites for hydroxylation is 2. The fourth-order valence-corrected chi connectivity index (χ4v) is 4.11. The van der Waals surface area contributed by atoms with Crippen LogP contribution < -0.4 is 10.1 Å². The summed E-state index contributed by atoms with van der Waals surface area (Å²) < 4.78 is 8.07. The van der Waals surface area contributed by atoms with Crippen molar-refractivity contribution >= 4 is 11.6 Å². The number of carbonyl (C=O) groups excluding carboxylic acids is 1. The molecular weight excluding hydrogens is 340 g/mol. The van der Waals surface area contributed by atoms with Gasteiger partial charge >= 0.3 is 0 Å². The number of hydrogen-bond acceptors (Lipinski definition) is 4. The molecule has 1 aliphatic carbocycles. The minimum Gasteiger partial charge on any atom is -0.494 e. The van der Waals surface area contributed by atoms with Crippen LogP contribution in [0.15, 0.2) is 24.5 Å². The van der Waals surface area contributed by atoms with E-state index in [1.54, 1.807) is 6.33 Å². The molecular formula is C21H28N4O2. The van der Waals surface area contributed by atoms with Gasteiger partial charge in [0, 0.05) is 18.5 Å². The molecule has 2 heterocycles. The van der Waals surface area contributed by atoms with Crippen LogP contribution in [0, 0.1) is 0 Å². The van der Waals surface area contributed by atoms with E-state index in [9.17, 15) is 4.79 Å². The van der Waals surface area contributed by atoms with Gasteiger partial charge in [-0.3, -0.25) is 4.79 Å². The Hall–Kier alpha value is -2.37. The normalized spacial score (nSPS) is 17.4. The Morgan fingerprint density at radius 2 is 2.04 bits per heavy atom. The van der Waals surface area contributed by atoms with E-state index >= 15 is 0 Å². The SMILES string of the molecule is O=C1CCc2cc(OCCCCc3ncnn3C3CCCCC3)ccc2N1. The molecule has 27 heavy (non-hydrogen) atoms. The van der Waals surface area contributed by atoms with E-state index in [2.05, 4.69) is 26.1 Å². The number of anilines is 1. The maximum absolute atomic E-state index is 11.4. The fourth-order valence-electron chi connectivity index (χ4n) is 4.11. The Labute approximate surface area is 160 Å². The summed E-state index contributed by atoms with van der Waals surface area (Å²) in [4.78, 5) is 15.9. The van der Waals surface area contributed by atoms with Crippen LogP contribution in [-0.2, 0) is 17.6 Å². The van der Waals surface area contributed by atoms with Crippen molar-refractivity contribution in [2.24, 2.45) is 0 Å². The Kier molecular flexibility index (Phi) is 5.70. The number of benzene rings is 1. The first-order valence-corrected chi connectivity index (χ1v) is 10.2. The lowest BCUT2D eigenvalue weighted by atomic mass is 9.95. The fraction of sp³-hybridized carbons (Fsp3) is 0.571. The second-order valence-corrected chi connectivity index (χ2v) is 7.59. The number of amides is 1. The highest BCUT2D eigenvalue weighted by Gasteiger charge is 2.19. The van der Waals surface area contributed by atoms with Crippen molar-refractivity contribution in [3.05, 3.63) is 35.9 Å². The van der Waals surface area contributed by atoms with E-state index in [0.717, 1.165) is 48.5 Å². The molecule has 1 N–H and O–H groups in total. The molecule has 1 aliphatic heterocycles. The summed E-state index contributed by atoms with van der Waals surface area (Å²) in [7, 11) is 0. The minimum absolute atomic E-state index is 0.0947. The van der Waals surface area contributed by atoms with Crippen LogP contribution in [0.3, 0.4) is 0 Å². The Morgan fingerprint density at radius 1 is 1.15 bits per heavy atom. The number of carbonyl (C=O) groups is 1. The number of hydrogen-bond donors (Lipinski definition) is 1. The molecule has 144 valence electrons. The second-order valence-electron chi connectivity index (χ2n) is 7.59. The van der Waals surface area contributed by atoms with E-state index in [0.29, 0.717) is 19.1 Å². The monoisotopic (exact) mass is 368 g/mol. The molecule has 0 spiro atoms. The summed E-state index contributed by atoms with van der Waals surface area (Å²) in [6.45, 7) is 0.697. The third kappa shape index (κ3) is 4.49. The standard InChI is InChI=1S/C21H28N4O2/c26-21-12-9-16-14-18(10-11-19(16)24-21)27-13-5-4-8-20-22-15-23-25(20)17-6-2-1-3-7-17/h10-11,14-15,17H,1-9,12-13H2,(H,24,26). The quantitative estimate of drug-likeness (QED) is 0.748.